The Morgan fingerprint density at radius 2 is 2.05 bits per heavy atom. The molecule has 1 aromatic carbocycles. The fourth-order valence-electron chi connectivity index (χ4n) is 2.80. The van der Waals surface area contributed by atoms with Gasteiger partial charge in [-0.25, -0.2) is 13.1 Å². The van der Waals surface area contributed by atoms with Gasteiger partial charge in [0.05, 0.1) is 5.69 Å². The highest BCUT2D eigenvalue weighted by molar-refractivity contribution is 7.99. The largest absolute Gasteiger partial charge is 0.381 e. The van der Waals surface area contributed by atoms with Gasteiger partial charge in [-0.05, 0) is 37.7 Å². The highest BCUT2D eigenvalue weighted by Gasteiger charge is 2.23. The first-order valence-electron chi connectivity index (χ1n) is 7.45. The lowest BCUT2D eigenvalue weighted by molar-refractivity contribution is 0.473. The normalized spacial score (nSPS) is 23.0. The van der Waals surface area contributed by atoms with Crippen molar-refractivity contribution in [3.05, 3.63) is 24.3 Å². The number of hydrogen-bond donors (Lipinski definition) is 2. The molecule has 2 rings (SSSR count). The number of para-hydroxylation sites is 1. The van der Waals surface area contributed by atoms with Gasteiger partial charge in [-0.3, -0.25) is 0 Å². The third kappa shape index (κ3) is 4.37. The Hall–Kier alpha value is -0.720. The van der Waals surface area contributed by atoms with Gasteiger partial charge in [-0.15, -0.1) is 0 Å². The Morgan fingerprint density at radius 3 is 2.76 bits per heavy atom. The first kappa shape index (κ1) is 16.6. The highest BCUT2D eigenvalue weighted by Crippen LogP contribution is 2.30. The van der Waals surface area contributed by atoms with Crippen molar-refractivity contribution in [3.63, 3.8) is 0 Å². The van der Waals surface area contributed by atoms with Crippen molar-refractivity contribution in [3.8, 4) is 0 Å². The molecular weight excluding hydrogens is 304 g/mol. The zero-order valence-corrected chi connectivity index (χ0v) is 14.3. The molecule has 118 valence electrons. The average Bonchev–Trinajstić information content (AvgIpc) is 2.48. The van der Waals surface area contributed by atoms with Gasteiger partial charge in [0.2, 0.25) is 10.0 Å². The van der Waals surface area contributed by atoms with Crippen molar-refractivity contribution in [2.75, 3.05) is 18.1 Å². The summed E-state index contributed by atoms with van der Waals surface area (Å²) >= 11 is 1.91. The van der Waals surface area contributed by atoms with Gasteiger partial charge in [0.25, 0.3) is 0 Å². The predicted octanol–water partition coefficient (Wildman–Crippen LogP) is 3.07. The third-order valence-corrected chi connectivity index (χ3v) is 6.53. The Balaban J connectivity index is 2.17. The monoisotopic (exact) mass is 328 g/mol. The van der Waals surface area contributed by atoms with E-state index in [1.807, 2.05) is 23.9 Å². The number of anilines is 1. The van der Waals surface area contributed by atoms with Crippen LogP contribution in [0, 0.1) is 0 Å². The van der Waals surface area contributed by atoms with Crippen LogP contribution in [0.3, 0.4) is 0 Å². The zero-order valence-electron chi connectivity index (χ0n) is 12.6. The summed E-state index contributed by atoms with van der Waals surface area (Å²) in [6.45, 7) is 2.19. The van der Waals surface area contributed by atoms with Gasteiger partial charge in [0.1, 0.15) is 4.90 Å². The molecular formula is C15H24N2O2S2. The molecule has 0 spiro atoms. The van der Waals surface area contributed by atoms with Gasteiger partial charge < -0.3 is 5.32 Å². The summed E-state index contributed by atoms with van der Waals surface area (Å²) in [5.41, 5.74) is 0.713. The molecule has 0 aromatic heterocycles. The standard InChI is InChI=1S/C15H24N2O2S2/c1-3-16-21(18,19)15-10-5-4-9-14(15)17-12-7-6-8-13(11-12)20-2/h4-5,9-10,12-13,16-17H,3,6-8,11H2,1-2H3. The predicted molar refractivity (Wildman–Crippen MR) is 90.5 cm³/mol. The van der Waals surface area contributed by atoms with Crippen molar-refractivity contribution in [1.82, 2.24) is 4.72 Å². The molecule has 4 nitrogen and oxygen atoms in total. The summed E-state index contributed by atoms with van der Waals surface area (Å²) in [6.07, 6.45) is 6.81. The molecule has 2 unspecified atom stereocenters. The third-order valence-electron chi connectivity index (χ3n) is 3.83. The number of hydrogen-bond acceptors (Lipinski definition) is 4. The fraction of sp³-hybridized carbons (Fsp3) is 0.600. The van der Waals surface area contributed by atoms with Crippen molar-refractivity contribution in [1.29, 1.82) is 0 Å². The SMILES string of the molecule is CCNS(=O)(=O)c1ccccc1NC1CCCC(SC)C1. The van der Waals surface area contributed by atoms with E-state index in [1.165, 1.54) is 12.8 Å². The maximum Gasteiger partial charge on any atom is 0.242 e. The molecule has 0 bridgehead atoms. The van der Waals surface area contributed by atoms with E-state index in [-0.39, 0.29) is 0 Å². The van der Waals surface area contributed by atoms with E-state index >= 15 is 0 Å². The van der Waals surface area contributed by atoms with E-state index in [1.54, 1.807) is 19.1 Å². The second kappa shape index (κ2) is 7.51. The molecule has 2 atom stereocenters. The van der Waals surface area contributed by atoms with Gasteiger partial charge in [-0.1, -0.05) is 25.5 Å². The molecule has 0 aliphatic heterocycles. The van der Waals surface area contributed by atoms with Crippen LogP contribution in [0.4, 0.5) is 5.69 Å². The lowest BCUT2D eigenvalue weighted by atomic mass is 9.95. The number of nitrogens with one attached hydrogen (secondary N) is 2. The molecule has 2 N–H and O–H groups in total. The molecule has 0 heterocycles. The van der Waals surface area contributed by atoms with E-state index in [0.29, 0.717) is 28.4 Å². The van der Waals surface area contributed by atoms with Crippen LogP contribution >= 0.6 is 11.8 Å². The smallest absolute Gasteiger partial charge is 0.242 e. The molecule has 21 heavy (non-hydrogen) atoms. The van der Waals surface area contributed by atoms with E-state index in [4.69, 9.17) is 0 Å². The highest BCUT2D eigenvalue weighted by atomic mass is 32.2. The second-order valence-corrected chi connectivity index (χ2v) is 8.24. The van der Waals surface area contributed by atoms with Crippen LogP contribution in [-0.4, -0.2) is 32.5 Å². The van der Waals surface area contributed by atoms with Gasteiger partial charge in [0, 0.05) is 17.8 Å². The minimum absolute atomic E-state index is 0.345. The second-order valence-electron chi connectivity index (χ2n) is 5.36. The van der Waals surface area contributed by atoms with Crippen molar-refractivity contribution < 1.29 is 8.42 Å². The minimum Gasteiger partial charge on any atom is -0.381 e. The number of thioether (sulfide) groups is 1. The molecule has 1 saturated carbocycles. The number of benzene rings is 1. The quantitative estimate of drug-likeness (QED) is 0.842. The molecule has 1 aliphatic rings. The Bertz CT molecular complexity index is 561. The van der Waals surface area contributed by atoms with E-state index in [9.17, 15) is 8.42 Å². The van der Waals surface area contributed by atoms with Gasteiger partial charge in [-0.2, -0.15) is 11.8 Å². The first-order valence-corrected chi connectivity index (χ1v) is 10.2. The summed E-state index contributed by atoms with van der Waals surface area (Å²) in [7, 11) is -3.43. The lowest BCUT2D eigenvalue weighted by Gasteiger charge is -2.30. The summed E-state index contributed by atoms with van der Waals surface area (Å²) in [6, 6.07) is 7.51. The van der Waals surface area contributed by atoms with Crippen LogP contribution in [0.25, 0.3) is 0 Å². The van der Waals surface area contributed by atoms with Crippen LogP contribution in [0.2, 0.25) is 0 Å². The maximum atomic E-state index is 12.3. The molecule has 0 radical (unpaired) electrons. The van der Waals surface area contributed by atoms with Gasteiger partial charge >= 0.3 is 0 Å². The van der Waals surface area contributed by atoms with Gasteiger partial charge in [0.15, 0.2) is 0 Å². The Kier molecular flexibility index (Phi) is 5.96. The molecule has 0 saturated heterocycles. The van der Waals surface area contributed by atoms with Crippen LogP contribution < -0.4 is 10.0 Å². The first-order chi connectivity index (χ1) is 10.1. The van der Waals surface area contributed by atoms with Crippen molar-refractivity contribution in [2.24, 2.45) is 0 Å². The summed E-state index contributed by atoms with van der Waals surface area (Å²) in [5, 5.41) is 4.12. The van der Waals surface area contributed by atoms with E-state index in [0.717, 1.165) is 12.8 Å². The van der Waals surface area contributed by atoms with Crippen molar-refractivity contribution >= 4 is 27.5 Å². The Morgan fingerprint density at radius 1 is 1.29 bits per heavy atom. The van der Waals surface area contributed by atoms with E-state index in [2.05, 4.69) is 16.3 Å². The molecule has 1 aromatic rings. The van der Waals surface area contributed by atoms with Crippen molar-refractivity contribution in [2.45, 2.75) is 48.8 Å². The topological polar surface area (TPSA) is 58.2 Å². The van der Waals surface area contributed by atoms with Crippen LogP contribution in [0.1, 0.15) is 32.6 Å². The van der Waals surface area contributed by atoms with Crippen LogP contribution in [0.15, 0.2) is 29.2 Å². The zero-order chi connectivity index (χ0) is 15.3. The average molecular weight is 329 g/mol. The summed E-state index contributed by atoms with van der Waals surface area (Å²) in [5.74, 6) is 0. The van der Waals surface area contributed by atoms with Crippen LogP contribution in [-0.2, 0) is 10.0 Å². The number of rotatable bonds is 6. The Labute approximate surface area is 132 Å². The summed E-state index contributed by atoms with van der Waals surface area (Å²) < 4.78 is 27.1. The molecule has 1 aliphatic carbocycles. The maximum absolute atomic E-state index is 12.3. The van der Waals surface area contributed by atoms with E-state index < -0.39 is 10.0 Å². The minimum atomic E-state index is -3.43. The molecule has 1 fully saturated rings. The number of sulfonamides is 1. The van der Waals surface area contributed by atoms with Crippen LogP contribution in [0.5, 0.6) is 0 Å². The summed E-state index contributed by atoms with van der Waals surface area (Å²) in [4.78, 5) is 0.345. The fourth-order valence-corrected chi connectivity index (χ4v) is 4.83. The lowest BCUT2D eigenvalue weighted by Crippen LogP contribution is -2.30. The molecule has 0 amide bonds. The molecule has 6 heteroatoms.